The number of para-hydroxylation sites is 2. The van der Waals surface area contributed by atoms with Crippen molar-refractivity contribution in [2.24, 2.45) is 0 Å². The molecule has 0 saturated heterocycles. The van der Waals surface area contributed by atoms with E-state index in [9.17, 15) is 0 Å². The van der Waals surface area contributed by atoms with Crippen LogP contribution in [0.25, 0.3) is 32.9 Å². The normalized spacial score (nSPS) is 14.3. The average Bonchev–Trinajstić information content (AvgIpc) is 3.09. The molecule has 0 atom stereocenters. The number of aryl methyl sites for hydroxylation is 2. The molecule has 2 N–H and O–H groups in total. The first-order chi connectivity index (χ1) is 21.8. The Morgan fingerprint density at radius 2 is 0.864 bits per heavy atom. The second kappa shape index (κ2) is 11.8. The molecular formula is C40H38N4. The van der Waals surface area contributed by atoms with E-state index < -0.39 is 0 Å². The number of anilines is 2. The molecule has 4 nitrogen and oxygen atoms in total. The van der Waals surface area contributed by atoms with Gasteiger partial charge < -0.3 is 10.6 Å². The van der Waals surface area contributed by atoms with Crippen molar-refractivity contribution in [1.82, 2.24) is 9.97 Å². The molecular weight excluding hydrogens is 536 g/mol. The molecule has 2 aromatic heterocycles. The molecule has 0 aliphatic heterocycles. The fourth-order valence-electron chi connectivity index (χ4n) is 7.16. The molecule has 0 fully saturated rings. The molecule has 0 bridgehead atoms. The van der Waals surface area contributed by atoms with E-state index in [0.29, 0.717) is 0 Å². The smallest absolute Gasteiger partial charge is 0.0726 e. The van der Waals surface area contributed by atoms with Gasteiger partial charge in [0.25, 0.3) is 0 Å². The Morgan fingerprint density at radius 1 is 0.455 bits per heavy atom. The van der Waals surface area contributed by atoms with Gasteiger partial charge in [-0.05, 0) is 96.9 Å². The number of aromatic nitrogens is 2. The van der Waals surface area contributed by atoms with E-state index in [1.54, 1.807) is 0 Å². The van der Waals surface area contributed by atoms with Crippen molar-refractivity contribution in [2.45, 2.75) is 64.5 Å². The van der Waals surface area contributed by atoms with Crippen LogP contribution in [0.2, 0.25) is 0 Å². The first kappa shape index (κ1) is 26.9. The fourth-order valence-corrected chi connectivity index (χ4v) is 7.16. The maximum Gasteiger partial charge on any atom is 0.0726 e. The van der Waals surface area contributed by atoms with Crippen molar-refractivity contribution in [1.29, 1.82) is 0 Å². The van der Waals surface area contributed by atoms with E-state index in [0.717, 1.165) is 49.8 Å². The van der Waals surface area contributed by atoms with E-state index >= 15 is 0 Å². The number of hydrogen-bond acceptors (Lipinski definition) is 4. The van der Waals surface area contributed by atoms with Crippen LogP contribution in [0.15, 0.2) is 97.1 Å². The maximum atomic E-state index is 4.99. The molecule has 2 aliphatic rings. The van der Waals surface area contributed by atoms with Crippen molar-refractivity contribution < 1.29 is 0 Å². The van der Waals surface area contributed by atoms with Crippen molar-refractivity contribution in [2.75, 3.05) is 10.6 Å². The summed E-state index contributed by atoms with van der Waals surface area (Å²) in [6.07, 6.45) is 9.35. The summed E-state index contributed by atoms with van der Waals surface area (Å²) in [6, 6.07) is 35.1. The van der Waals surface area contributed by atoms with Crippen LogP contribution in [0.5, 0.6) is 0 Å². The summed E-state index contributed by atoms with van der Waals surface area (Å²) in [7, 11) is 0. The highest BCUT2D eigenvalue weighted by atomic mass is 14.9. The number of fused-ring (bicyclic) bond motifs is 4. The van der Waals surface area contributed by atoms with Crippen molar-refractivity contribution in [3.05, 3.63) is 131 Å². The zero-order chi connectivity index (χ0) is 29.3. The van der Waals surface area contributed by atoms with E-state index in [4.69, 9.17) is 9.97 Å². The van der Waals surface area contributed by atoms with Crippen molar-refractivity contribution in [3.63, 3.8) is 0 Å². The molecule has 0 radical (unpaired) electrons. The van der Waals surface area contributed by atoms with Gasteiger partial charge >= 0.3 is 0 Å². The maximum absolute atomic E-state index is 4.99. The molecule has 0 saturated carbocycles. The van der Waals surface area contributed by atoms with Gasteiger partial charge in [0.15, 0.2) is 0 Å². The molecule has 2 heterocycles. The summed E-state index contributed by atoms with van der Waals surface area (Å²) in [5.74, 6) is 0. The SMILES string of the molecule is c1ccc2c(NCc3ccc(-c4ccc(CNc5c6c(nc7ccccc57)CCCC6)cc4)cc3)c3c(nc2c1)CCCC3. The average molecular weight is 575 g/mol. The van der Waals surface area contributed by atoms with E-state index in [2.05, 4.69) is 108 Å². The number of pyridine rings is 2. The fraction of sp³-hybridized carbons (Fsp3) is 0.250. The van der Waals surface area contributed by atoms with Crippen LogP contribution in [0.1, 0.15) is 59.3 Å². The highest BCUT2D eigenvalue weighted by Gasteiger charge is 2.19. The number of nitrogens with one attached hydrogen (secondary N) is 2. The van der Waals surface area contributed by atoms with Crippen molar-refractivity contribution >= 4 is 33.2 Å². The lowest BCUT2D eigenvalue weighted by Gasteiger charge is -2.22. The Bertz CT molecular complexity index is 1810. The number of nitrogens with zero attached hydrogens (tertiary/aromatic N) is 2. The summed E-state index contributed by atoms with van der Waals surface area (Å²) in [5.41, 5.74) is 15.2. The molecule has 0 spiro atoms. The topological polar surface area (TPSA) is 49.8 Å². The third-order valence-corrected chi connectivity index (χ3v) is 9.52. The lowest BCUT2D eigenvalue weighted by Crippen LogP contribution is -2.11. The Balaban J connectivity index is 0.964. The van der Waals surface area contributed by atoms with Crippen LogP contribution in [0.3, 0.4) is 0 Å². The lowest BCUT2D eigenvalue weighted by atomic mass is 9.92. The second-order valence-corrected chi connectivity index (χ2v) is 12.4. The van der Waals surface area contributed by atoms with Crippen LogP contribution in [0.4, 0.5) is 11.4 Å². The highest BCUT2D eigenvalue weighted by Crippen LogP contribution is 2.35. The van der Waals surface area contributed by atoms with Gasteiger partial charge in [-0.15, -0.1) is 0 Å². The zero-order valence-corrected chi connectivity index (χ0v) is 25.2. The molecule has 44 heavy (non-hydrogen) atoms. The largest absolute Gasteiger partial charge is 0.380 e. The number of hydrogen-bond donors (Lipinski definition) is 2. The van der Waals surface area contributed by atoms with Crippen LogP contribution >= 0.6 is 0 Å². The molecule has 8 rings (SSSR count). The summed E-state index contributed by atoms with van der Waals surface area (Å²) < 4.78 is 0. The molecule has 4 heteroatoms. The molecule has 2 aliphatic carbocycles. The molecule has 218 valence electrons. The monoisotopic (exact) mass is 574 g/mol. The Morgan fingerprint density at radius 3 is 1.32 bits per heavy atom. The molecule has 6 aromatic rings. The van der Waals surface area contributed by atoms with E-state index in [1.807, 2.05) is 0 Å². The number of rotatable bonds is 7. The minimum atomic E-state index is 0.804. The van der Waals surface area contributed by atoms with Crippen LogP contribution in [-0.4, -0.2) is 9.97 Å². The minimum Gasteiger partial charge on any atom is -0.380 e. The quantitative estimate of drug-likeness (QED) is 0.199. The Labute approximate surface area is 259 Å². The van der Waals surface area contributed by atoms with Gasteiger partial charge in [0.05, 0.1) is 11.0 Å². The molecule has 4 aromatic carbocycles. The van der Waals surface area contributed by atoms with Gasteiger partial charge in [0.1, 0.15) is 0 Å². The summed E-state index contributed by atoms with van der Waals surface area (Å²) in [5, 5.41) is 10.1. The van der Waals surface area contributed by atoms with Gasteiger partial charge in [-0.25, -0.2) is 0 Å². The van der Waals surface area contributed by atoms with Gasteiger partial charge in [0, 0.05) is 46.6 Å². The first-order valence-corrected chi connectivity index (χ1v) is 16.3. The first-order valence-electron chi connectivity index (χ1n) is 16.3. The summed E-state index contributed by atoms with van der Waals surface area (Å²) >= 11 is 0. The van der Waals surface area contributed by atoms with Crippen LogP contribution in [0, 0.1) is 0 Å². The Hall–Kier alpha value is -4.70. The summed E-state index contributed by atoms with van der Waals surface area (Å²) in [4.78, 5) is 9.98. The Kier molecular flexibility index (Phi) is 7.19. The van der Waals surface area contributed by atoms with E-state index in [-0.39, 0.29) is 0 Å². The lowest BCUT2D eigenvalue weighted by molar-refractivity contribution is 0.672. The number of benzene rings is 4. The van der Waals surface area contributed by atoms with Crippen LogP contribution < -0.4 is 10.6 Å². The van der Waals surface area contributed by atoms with Crippen LogP contribution in [-0.2, 0) is 38.8 Å². The predicted octanol–water partition coefficient (Wildman–Crippen LogP) is 9.43. The summed E-state index contributed by atoms with van der Waals surface area (Å²) in [6.45, 7) is 1.61. The second-order valence-electron chi connectivity index (χ2n) is 12.4. The predicted molar refractivity (Wildman–Crippen MR) is 183 cm³/mol. The third-order valence-electron chi connectivity index (χ3n) is 9.52. The highest BCUT2D eigenvalue weighted by molar-refractivity contribution is 5.94. The molecule has 0 unspecified atom stereocenters. The third kappa shape index (κ3) is 5.19. The van der Waals surface area contributed by atoms with Crippen molar-refractivity contribution in [3.8, 4) is 11.1 Å². The minimum absolute atomic E-state index is 0.804. The van der Waals surface area contributed by atoms with Gasteiger partial charge in [-0.3, -0.25) is 9.97 Å². The van der Waals surface area contributed by atoms with Gasteiger partial charge in [0.2, 0.25) is 0 Å². The van der Waals surface area contributed by atoms with Gasteiger partial charge in [-0.1, -0.05) is 84.9 Å². The zero-order valence-electron chi connectivity index (χ0n) is 25.2. The molecule has 0 amide bonds. The van der Waals surface area contributed by atoms with Gasteiger partial charge in [-0.2, -0.15) is 0 Å². The standard InChI is InChI=1S/C40H38N4/c1-5-13-35-31(9-1)39(32-10-2-6-14-36(32)43-35)41-25-27-17-21-29(22-18-27)30-23-19-28(20-24-30)26-42-40-33-11-3-7-15-37(33)44-38-16-8-4-12-34(38)40/h1,3,5,7,9,11,13,15,17-24H,2,4,6,8,10,12,14,16,25-26H2,(H,41,43)(H,42,44). The van der Waals surface area contributed by atoms with E-state index in [1.165, 1.54) is 92.6 Å².